The van der Waals surface area contributed by atoms with Crippen molar-refractivity contribution in [1.82, 2.24) is 4.90 Å². The average molecular weight is 298 g/mol. The summed E-state index contributed by atoms with van der Waals surface area (Å²) in [6.07, 6.45) is 2.03. The van der Waals surface area contributed by atoms with Crippen molar-refractivity contribution in [2.75, 3.05) is 19.8 Å². The van der Waals surface area contributed by atoms with Gasteiger partial charge >= 0.3 is 5.97 Å². The Bertz CT molecular complexity index is 409. The highest BCUT2D eigenvalue weighted by atomic mass is 16.5. The Morgan fingerprint density at radius 1 is 1.52 bits per heavy atom. The van der Waals surface area contributed by atoms with Crippen molar-refractivity contribution in [2.24, 2.45) is 0 Å². The van der Waals surface area contributed by atoms with Crippen LogP contribution in [0.15, 0.2) is 12.7 Å². The summed E-state index contributed by atoms with van der Waals surface area (Å²) in [6, 6.07) is 0.518. The summed E-state index contributed by atoms with van der Waals surface area (Å²) in [7, 11) is 0. The fraction of sp³-hybridized carbons (Fsp3) is 0.643. The van der Waals surface area contributed by atoms with Crippen LogP contribution in [0.2, 0.25) is 0 Å². The molecular weight excluding hydrogens is 276 g/mol. The quantitative estimate of drug-likeness (QED) is 0.450. The summed E-state index contributed by atoms with van der Waals surface area (Å²) in [5, 5.41) is 27.5. The van der Waals surface area contributed by atoms with Crippen LogP contribution >= 0.6 is 0 Å². The van der Waals surface area contributed by atoms with Crippen LogP contribution in [-0.4, -0.2) is 58.4 Å². The summed E-state index contributed by atoms with van der Waals surface area (Å²) < 4.78 is 5.15. The lowest BCUT2D eigenvalue weighted by molar-refractivity contribution is -0.153. The molecule has 0 fully saturated rings. The molecule has 21 heavy (non-hydrogen) atoms. The topological polar surface area (TPSA) is 111 Å². The maximum atomic E-state index is 12.0. The van der Waals surface area contributed by atoms with Gasteiger partial charge in [-0.25, -0.2) is 4.79 Å². The summed E-state index contributed by atoms with van der Waals surface area (Å²) >= 11 is 0. The number of nitriles is 1. The summed E-state index contributed by atoms with van der Waals surface area (Å²) in [5.41, 5.74) is -1.10. The number of carbonyl (C=O) groups excluding carboxylic acids is 1. The molecule has 0 aliphatic rings. The molecule has 1 amide bonds. The third-order valence-electron chi connectivity index (χ3n) is 2.52. The lowest BCUT2D eigenvalue weighted by atomic mass is 10.1. The number of aliphatic carboxylic acids is 1. The molecular formula is C14H22N2O5. The van der Waals surface area contributed by atoms with Gasteiger partial charge < -0.3 is 19.8 Å². The minimum Gasteiger partial charge on any atom is -0.480 e. The molecule has 0 bridgehead atoms. The largest absolute Gasteiger partial charge is 0.480 e. The second-order valence-electron chi connectivity index (χ2n) is 5.19. The highest BCUT2D eigenvalue weighted by molar-refractivity contribution is 5.84. The van der Waals surface area contributed by atoms with E-state index in [-0.39, 0.29) is 26.2 Å². The van der Waals surface area contributed by atoms with E-state index in [2.05, 4.69) is 6.58 Å². The lowest BCUT2D eigenvalue weighted by Crippen LogP contribution is -2.48. The smallest absolute Gasteiger partial charge is 0.328 e. The van der Waals surface area contributed by atoms with E-state index in [1.807, 2.05) is 0 Å². The predicted octanol–water partition coefficient (Wildman–Crippen LogP) is 0.545. The van der Waals surface area contributed by atoms with Crippen LogP contribution in [0.1, 0.15) is 26.7 Å². The molecule has 0 aromatic carbocycles. The summed E-state index contributed by atoms with van der Waals surface area (Å²) in [6.45, 7) is 5.83. The van der Waals surface area contributed by atoms with Crippen LogP contribution in [0.3, 0.4) is 0 Å². The molecule has 0 aromatic rings. The first kappa shape index (κ1) is 19.1. The van der Waals surface area contributed by atoms with E-state index >= 15 is 0 Å². The predicted molar refractivity (Wildman–Crippen MR) is 75.3 cm³/mol. The molecule has 1 unspecified atom stereocenters. The lowest BCUT2D eigenvalue weighted by Gasteiger charge is -2.27. The van der Waals surface area contributed by atoms with Gasteiger partial charge in [0.2, 0.25) is 5.91 Å². The average Bonchev–Trinajstić information content (AvgIpc) is 2.37. The number of carboxylic acids is 1. The SMILES string of the molecule is C=CCCC(=O)N(CC#N)C(COCC(C)(C)O)C(=O)O. The van der Waals surface area contributed by atoms with Gasteiger partial charge in [0.25, 0.3) is 0 Å². The van der Waals surface area contributed by atoms with Gasteiger partial charge in [0.05, 0.1) is 24.9 Å². The molecule has 0 aliphatic carbocycles. The van der Waals surface area contributed by atoms with E-state index < -0.39 is 23.5 Å². The first-order chi connectivity index (χ1) is 9.72. The zero-order valence-electron chi connectivity index (χ0n) is 12.4. The Kier molecular flexibility index (Phi) is 8.28. The number of carboxylic acid groups (broad SMARTS) is 1. The van der Waals surface area contributed by atoms with E-state index in [1.54, 1.807) is 12.1 Å². The van der Waals surface area contributed by atoms with Crippen molar-refractivity contribution in [3.05, 3.63) is 12.7 Å². The highest BCUT2D eigenvalue weighted by Gasteiger charge is 2.30. The van der Waals surface area contributed by atoms with Crippen molar-refractivity contribution in [1.29, 1.82) is 5.26 Å². The van der Waals surface area contributed by atoms with E-state index in [4.69, 9.17) is 10.00 Å². The molecule has 0 heterocycles. The molecule has 0 rings (SSSR count). The number of rotatable bonds is 10. The van der Waals surface area contributed by atoms with Crippen molar-refractivity contribution in [2.45, 2.75) is 38.3 Å². The molecule has 0 saturated carbocycles. The van der Waals surface area contributed by atoms with Crippen LogP contribution in [0.25, 0.3) is 0 Å². The van der Waals surface area contributed by atoms with E-state index in [0.717, 1.165) is 4.90 Å². The van der Waals surface area contributed by atoms with Crippen LogP contribution in [0.5, 0.6) is 0 Å². The maximum Gasteiger partial charge on any atom is 0.328 e. The van der Waals surface area contributed by atoms with Crippen LogP contribution in [0.4, 0.5) is 0 Å². The fourth-order valence-electron chi connectivity index (χ4n) is 1.53. The Balaban J connectivity index is 4.83. The second kappa shape index (κ2) is 9.10. The van der Waals surface area contributed by atoms with Crippen LogP contribution in [0, 0.1) is 11.3 Å². The monoisotopic (exact) mass is 298 g/mol. The zero-order chi connectivity index (χ0) is 16.5. The Labute approximate surface area is 124 Å². The second-order valence-corrected chi connectivity index (χ2v) is 5.19. The molecule has 0 aliphatic heterocycles. The molecule has 7 heteroatoms. The standard InChI is InChI=1S/C14H22N2O5/c1-4-5-6-12(17)16(8-7-15)11(13(18)19)9-21-10-14(2,3)20/h4,11,20H,1,5-6,8-10H2,2-3H3,(H,18,19). The van der Waals surface area contributed by atoms with Gasteiger partial charge in [-0.2, -0.15) is 5.26 Å². The number of hydrogen-bond acceptors (Lipinski definition) is 5. The molecule has 0 radical (unpaired) electrons. The Morgan fingerprint density at radius 3 is 2.57 bits per heavy atom. The number of carbonyl (C=O) groups is 2. The number of aliphatic hydroxyl groups is 1. The molecule has 0 spiro atoms. The first-order valence-electron chi connectivity index (χ1n) is 6.53. The van der Waals surface area contributed by atoms with Gasteiger partial charge in [-0.1, -0.05) is 6.08 Å². The Morgan fingerprint density at radius 2 is 2.14 bits per heavy atom. The first-order valence-corrected chi connectivity index (χ1v) is 6.53. The Hall–Kier alpha value is -1.91. The van der Waals surface area contributed by atoms with E-state index in [1.165, 1.54) is 13.8 Å². The van der Waals surface area contributed by atoms with E-state index in [9.17, 15) is 19.8 Å². The van der Waals surface area contributed by atoms with Gasteiger partial charge in [-0.3, -0.25) is 4.79 Å². The van der Waals surface area contributed by atoms with Crippen molar-refractivity contribution < 1.29 is 24.5 Å². The van der Waals surface area contributed by atoms with Gasteiger partial charge in [0.15, 0.2) is 6.04 Å². The third kappa shape index (κ3) is 8.07. The molecule has 1 atom stereocenters. The third-order valence-corrected chi connectivity index (χ3v) is 2.52. The van der Waals surface area contributed by atoms with Crippen molar-refractivity contribution in [3.63, 3.8) is 0 Å². The van der Waals surface area contributed by atoms with Crippen LogP contribution in [-0.2, 0) is 14.3 Å². The normalized spacial score (nSPS) is 12.3. The maximum absolute atomic E-state index is 12.0. The fourth-order valence-corrected chi connectivity index (χ4v) is 1.53. The van der Waals surface area contributed by atoms with Gasteiger partial charge in [-0.05, 0) is 20.3 Å². The number of ether oxygens (including phenoxy) is 1. The van der Waals surface area contributed by atoms with Gasteiger partial charge in [0, 0.05) is 6.42 Å². The zero-order valence-corrected chi connectivity index (χ0v) is 12.4. The van der Waals surface area contributed by atoms with Gasteiger partial charge in [-0.15, -0.1) is 6.58 Å². The van der Waals surface area contributed by atoms with Crippen LogP contribution < -0.4 is 0 Å². The van der Waals surface area contributed by atoms with Crippen molar-refractivity contribution >= 4 is 11.9 Å². The minimum atomic E-state index is -1.26. The summed E-state index contributed by atoms with van der Waals surface area (Å²) in [5.74, 6) is -1.70. The molecule has 2 N–H and O–H groups in total. The molecule has 7 nitrogen and oxygen atoms in total. The molecule has 0 saturated heterocycles. The van der Waals surface area contributed by atoms with E-state index in [0.29, 0.717) is 6.42 Å². The number of nitrogens with zero attached hydrogens (tertiary/aromatic N) is 2. The van der Waals surface area contributed by atoms with Gasteiger partial charge in [0.1, 0.15) is 6.54 Å². The summed E-state index contributed by atoms with van der Waals surface area (Å²) in [4.78, 5) is 24.2. The number of allylic oxidation sites excluding steroid dienone is 1. The minimum absolute atomic E-state index is 0.0714. The van der Waals surface area contributed by atoms with Crippen molar-refractivity contribution in [3.8, 4) is 6.07 Å². The number of amides is 1. The number of hydrogen-bond donors (Lipinski definition) is 2. The molecule has 118 valence electrons. The highest BCUT2D eigenvalue weighted by Crippen LogP contribution is 2.08. The molecule has 0 aromatic heterocycles.